The van der Waals surface area contributed by atoms with E-state index in [1.807, 2.05) is 0 Å². The molecule has 1 aromatic carbocycles. The summed E-state index contributed by atoms with van der Waals surface area (Å²) in [4.78, 5) is 13.0. The third-order valence-corrected chi connectivity index (χ3v) is 2.72. The maximum Gasteiger partial charge on any atom is 0.335 e. The van der Waals surface area contributed by atoms with E-state index in [1.54, 1.807) is 12.1 Å². The smallest absolute Gasteiger partial charge is 0.335 e. The van der Waals surface area contributed by atoms with Gasteiger partial charge in [0.05, 0.1) is 16.9 Å². The van der Waals surface area contributed by atoms with Crippen molar-refractivity contribution in [2.24, 2.45) is 0 Å². The van der Waals surface area contributed by atoms with E-state index in [4.69, 9.17) is 10.8 Å². The molecule has 15 heavy (non-hydrogen) atoms. The van der Waals surface area contributed by atoms with Gasteiger partial charge in [0.15, 0.2) is 0 Å². The van der Waals surface area contributed by atoms with Crippen molar-refractivity contribution in [1.29, 1.82) is 0 Å². The number of rotatable bonds is 2. The molecule has 0 atom stereocenters. The Hall–Kier alpha value is -1.71. The van der Waals surface area contributed by atoms with Crippen molar-refractivity contribution in [2.45, 2.75) is 12.8 Å². The van der Waals surface area contributed by atoms with Crippen LogP contribution in [0.3, 0.4) is 0 Å². The maximum atomic E-state index is 10.8. The zero-order valence-corrected chi connectivity index (χ0v) is 8.44. The third-order valence-electron chi connectivity index (χ3n) is 2.72. The first kappa shape index (κ1) is 9.83. The minimum absolute atomic E-state index is 0.297. The average molecular weight is 206 g/mol. The highest BCUT2D eigenvalue weighted by Crippen LogP contribution is 2.27. The minimum atomic E-state index is -0.907. The molecule has 4 heteroatoms. The number of hydrogen-bond acceptors (Lipinski definition) is 3. The van der Waals surface area contributed by atoms with Gasteiger partial charge in [0, 0.05) is 13.1 Å². The summed E-state index contributed by atoms with van der Waals surface area (Å²) in [7, 11) is 0. The molecule has 1 heterocycles. The van der Waals surface area contributed by atoms with Crippen molar-refractivity contribution in [1.82, 2.24) is 0 Å². The van der Waals surface area contributed by atoms with Gasteiger partial charge in [-0.15, -0.1) is 0 Å². The maximum absolute atomic E-state index is 10.8. The van der Waals surface area contributed by atoms with Crippen LogP contribution in [0.25, 0.3) is 0 Å². The van der Waals surface area contributed by atoms with Crippen molar-refractivity contribution >= 4 is 17.3 Å². The number of anilines is 2. The second-order valence-corrected chi connectivity index (χ2v) is 3.77. The second kappa shape index (κ2) is 3.81. The van der Waals surface area contributed by atoms with E-state index in [0.717, 1.165) is 31.6 Å². The van der Waals surface area contributed by atoms with Crippen LogP contribution in [0.15, 0.2) is 18.2 Å². The molecule has 0 saturated carbocycles. The predicted molar refractivity (Wildman–Crippen MR) is 59.3 cm³/mol. The molecule has 3 N–H and O–H groups in total. The SMILES string of the molecule is Nc1ccc(C(=O)O)cc1N1CCCC1. The van der Waals surface area contributed by atoms with Crippen LogP contribution in [0.4, 0.5) is 11.4 Å². The highest BCUT2D eigenvalue weighted by Gasteiger charge is 2.16. The molecule has 1 aromatic rings. The summed E-state index contributed by atoms with van der Waals surface area (Å²) in [5, 5.41) is 8.88. The quantitative estimate of drug-likeness (QED) is 0.721. The number of nitrogens with two attached hydrogens (primary N) is 1. The molecule has 0 unspecified atom stereocenters. The molecule has 80 valence electrons. The molecule has 0 aliphatic carbocycles. The van der Waals surface area contributed by atoms with Crippen LogP contribution < -0.4 is 10.6 Å². The van der Waals surface area contributed by atoms with Gasteiger partial charge in [0.2, 0.25) is 0 Å². The molecule has 0 radical (unpaired) electrons. The molecule has 1 fully saturated rings. The van der Waals surface area contributed by atoms with Gasteiger partial charge in [0.1, 0.15) is 0 Å². The van der Waals surface area contributed by atoms with Crippen molar-refractivity contribution in [3.63, 3.8) is 0 Å². The molecule has 1 aliphatic rings. The molecule has 2 rings (SSSR count). The highest BCUT2D eigenvalue weighted by molar-refractivity contribution is 5.90. The monoisotopic (exact) mass is 206 g/mol. The molecule has 0 spiro atoms. The van der Waals surface area contributed by atoms with Crippen LogP contribution in [0.5, 0.6) is 0 Å². The fraction of sp³-hybridized carbons (Fsp3) is 0.364. The molecule has 1 saturated heterocycles. The van der Waals surface area contributed by atoms with Gasteiger partial charge < -0.3 is 15.7 Å². The normalized spacial score (nSPS) is 15.6. The number of hydrogen-bond donors (Lipinski definition) is 2. The Bertz CT molecular complexity index is 384. The summed E-state index contributed by atoms with van der Waals surface area (Å²) in [6.45, 7) is 1.93. The standard InChI is InChI=1S/C11H14N2O2/c12-9-4-3-8(11(14)15)7-10(9)13-5-1-2-6-13/h3-4,7H,1-2,5-6,12H2,(H,14,15). The summed E-state index contributed by atoms with van der Waals surface area (Å²) in [5.74, 6) is -0.907. The summed E-state index contributed by atoms with van der Waals surface area (Å²) in [6, 6.07) is 4.86. The Morgan fingerprint density at radius 1 is 1.33 bits per heavy atom. The molecule has 1 aliphatic heterocycles. The van der Waals surface area contributed by atoms with Crippen LogP contribution in [0, 0.1) is 0 Å². The lowest BCUT2D eigenvalue weighted by molar-refractivity contribution is 0.0697. The zero-order valence-electron chi connectivity index (χ0n) is 8.44. The lowest BCUT2D eigenvalue weighted by atomic mass is 10.1. The summed E-state index contributed by atoms with van der Waals surface area (Å²) in [5.41, 5.74) is 7.64. The van der Waals surface area contributed by atoms with Crippen LogP contribution in [-0.2, 0) is 0 Å². The first-order valence-corrected chi connectivity index (χ1v) is 5.06. The average Bonchev–Trinajstić information content (AvgIpc) is 2.71. The lowest BCUT2D eigenvalue weighted by Gasteiger charge is -2.19. The van der Waals surface area contributed by atoms with Gasteiger partial charge in [-0.05, 0) is 31.0 Å². The number of aromatic carboxylic acids is 1. The Labute approximate surface area is 88.3 Å². The molecule has 0 bridgehead atoms. The predicted octanol–water partition coefficient (Wildman–Crippen LogP) is 1.57. The first-order chi connectivity index (χ1) is 7.18. The molecular formula is C11H14N2O2. The first-order valence-electron chi connectivity index (χ1n) is 5.06. The fourth-order valence-electron chi connectivity index (χ4n) is 1.91. The largest absolute Gasteiger partial charge is 0.478 e. The van der Waals surface area contributed by atoms with Crippen LogP contribution in [0.2, 0.25) is 0 Å². The topological polar surface area (TPSA) is 66.6 Å². The Morgan fingerprint density at radius 2 is 2.00 bits per heavy atom. The van der Waals surface area contributed by atoms with Crippen LogP contribution >= 0.6 is 0 Å². The molecular weight excluding hydrogens is 192 g/mol. The van der Waals surface area contributed by atoms with Crippen molar-refractivity contribution in [3.05, 3.63) is 23.8 Å². The Morgan fingerprint density at radius 3 is 2.60 bits per heavy atom. The summed E-state index contributed by atoms with van der Waals surface area (Å²) < 4.78 is 0. The van der Waals surface area contributed by atoms with Crippen molar-refractivity contribution in [2.75, 3.05) is 23.7 Å². The molecule has 0 amide bonds. The summed E-state index contributed by atoms with van der Waals surface area (Å²) in [6.07, 6.45) is 2.30. The van der Waals surface area contributed by atoms with E-state index in [9.17, 15) is 4.79 Å². The Balaban J connectivity index is 2.35. The number of benzene rings is 1. The van der Waals surface area contributed by atoms with Gasteiger partial charge in [-0.1, -0.05) is 0 Å². The van der Waals surface area contributed by atoms with Gasteiger partial charge >= 0.3 is 5.97 Å². The van der Waals surface area contributed by atoms with Gasteiger partial charge in [-0.25, -0.2) is 4.79 Å². The molecule has 4 nitrogen and oxygen atoms in total. The van der Waals surface area contributed by atoms with Crippen LogP contribution in [0.1, 0.15) is 23.2 Å². The lowest BCUT2D eigenvalue weighted by Crippen LogP contribution is -2.19. The number of nitrogens with zero attached hydrogens (tertiary/aromatic N) is 1. The van der Waals surface area contributed by atoms with Gasteiger partial charge in [-0.3, -0.25) is 0 Å². The van der Waals surface area contributed by atoms with E-state index in [0.29, 0.717) is 11.3 Å². The minimum Gasteiger partial charge on any atom is -0.478 e. The van der Waals surface area contributed by atoms with Crippen molar-refractivity contribution in [3.8, 4) is 0 Å². The third kappa shape index (κ3) is 1.88. The number of nitrogen functional groups attached to an aromatic ring is 1. The van der Waals surface area contributed by atoms with Crippen molar-refractivity contribution < 1.29 is 9.90 Å². The summed E-state index contributed by atoms with van der Waals surface area (Å²) >= 11 is 0. The second-order valence-electron chi connectivity index (χ2n) is 3.77. The van der Waals surface area contributed by atoms with E-state index < -0.39 is 5.97 Å². The number of carboxylic acids is 1. The molecule has 0 aromatic heterocycles. The highest BCUT2D eigenvalue weighted by atomic mass is 16.4. The van der Waals surface area contributed by atoms with Gasteiger partial charge in [-0.2, -0.15) is 0 Å². The van der Waals surface area contributed by atoms with E-state index in [2.05, 4.69) is 4.90 Å². The number of carboxylic acid groups (broad SMARTS) is 1. The fourth-order valence-corrected chi connectivity index (χ4v) is 1.91. The van der Waals surface area contributed by atoms with E-state index in [1.165, 1.54) is 6.07 Å². The Kier molecular flexibility index (Phi) is 2.49. The van der Waals surface area contributed by atoms with Crippen LogP contribution in [-0.4, -0.2) is 24.2 Å². The van der Waals surface area contributed by atoms with E-state index >= 15 is 0 Å². The van der Waals surface area contributed by atoms with Gasteiger partial charge in [0.25, 0.3) is 0 Å². The zero-order chi connectivity index (χ0) is 10.8. The number of carbonyl (C=O) groups is 1. The van der Waals surface area contributed by atoms with E-state index in [-0.39, 0.29) is 0 Å².